The number of hydrogen-bond donors (Lipinski definition) is 0. The van der Waals surface area contributed by atoms with Crippen LogP contribution in [0.4, 0.5) is 0 Å². The largest absolute Gasteiger partial charge is 0.462 e. The number of carbonyl (C=O) groups excluding carboxylic acids is 2. The predicted octanol–water partition coefficient (Wildman–Crippen LogP) is 2.84. The molecule has 0 radical (unpaired) electrons. The molecule has 0 unspecified atom stereocenters. The maximum atomic E-state index is 11.7. The Morgan fingerprint density at radius 1 is 1.10 bits per heavy atom. The molecule has 4 heteroatoms. The van der Waals surface area contributed by atoms with Crippen molar-refractivity contribution in [3.05, 3.63) is 47.5 Å². The molecule has 106 valence electrons. The smallest absolute Gasteiger partial charge is 0.333 e. The molecular weight excluding hydrogens is 256 g/mol. The molecule has 0 heterocycles. The summed E-state index contributed by atoms with van der Waals surface area (Å²) in [6, 6.07) is 7.60. The van der Waals surface area contributed by atoms with Gasteiger partial charge in [0.1, 0.15) is 13.2 Å². The molecule has 1 aromatic rings. The number of benzene rings is 1. The van der Waals surface area contributed by atoms with Crippen molar-refractivity contribution in [1.29, 1.82) is 0 Å². The highest BCUT2D eigenvalue weighted by molar-refractivity contribution is 5.93. The van der Waals surface area contributed by atoms with Gasteiger partial charge in [0.15, 0.2) is 0 Å². The average molecular weight is 274 g/mol. The number of ether oxygens (including phenoxy) is 2. The first-order valence-corrected chi connectivity index (χ1v) is 6.25. The van der Waals surface area contributed by atoms with Gasteiger partial charge in [0.05, 0.1) is 0 Å². The van der Waals surface area contributed by atoms with Gasteiger partial charge >= 0.3 is 11.9 Å². The van der Waals surface area contributed by atoms with E-state index in [2.05, 4.69) is 11.3 Å². The van der Waals surface area contributed by atoms with Crippen molar-refractivity contribution in [2.45, 2.75) is 13.8 Å². The summed E-state index contributed by atoms with van der Waals surface area (Å²) in [7, 11) is 0. The topological polar surface area (TPSA) is 52.6 Å². The molecule has 1 rings (SSSR count). The third-order valence-corrected chi connectivity index (χ3v) is 2.53. The van der Waals surface area contributed by atoms with E-state index in [1.807, 2.05) is 24.3 Å². The Morgan fingerprint density at radius 2 is 1.70 bits per heavy atom. The molecular formula is C16H18O4. The Balaban J connectivity index is 2.61. The van der Waals surface area contributed by atoms with Gasteiger partial charge in [0.25, 0.3) is 0 Å². The van der Waals surface area contributed by atoms with Crippen LogP contribution in [-0.2, 0) is 19.1 Å². The maximum absolute atomic E-state index is 11.7. The molecule has 1 aromatic carbocycles. The predicted molar refractivity (Wildman–Crippen MR) is 77.8 cm³/mol. The fraction of sp³-hybridized carbons (Fsp3) is 0.250. The van der Waals surface area contributed by atoms with Crippen molar-refractivity contribution in [3.63, 3.8) is 0 Å². The molecule has 0 bridgehead atoms. The molecule has 0 saturated heterocycles. The summed E-state index contributed by atoms with van der Waals surface area (Å²) in [5.41, 5.74) is 2.32. The van der Waals surface area contributed by atoms with E-state index in [9.17, 15) is 9.59 Å². The van der Waals surface area contributed by atoms with Crippen LogP contribution in [0.25, 0.3) is 12.2 Å². The molecule has 0 amide bonds. The number of hydrogen-bond acceptors (Lipinski definition) is 4. The van der Waals surface area contributed by atoms with Crippen LogP contribution in [0.1, 0.15) is 25.0 Å². The van der Waals surface area contributed by atoms with Gasteiger partial charge < -0.3 is 9.47 Å². The molecule has 0 spiro atoms. The molecule has 0 atom stereocenters. The Bertz CT molecular complexity index is 529. The van der Waals surface area contributed by atoms with Crippen LogP contribution in [0.5, 0.6) is 0 Å². The van der Waals surface area contributed by atoms with Crippen LogP contribution in [0.2, 0.25) is 0 Å². The SMILES string of the molecule is C=Cc1ccccc1/C=C(\C)C(=O)OCCOC(C)=O. The van der Waals surface area contributed by atoms with Crippen LogP contribution in [-0.4, -0.2) is 25.2 Å². The highest BCUT2D eigenvalue weighted by Gasteiger charge is 2.07. The molecule has 20 heavy (non-hydrogen) atoms. The minimum atomic E-state index is -0.434. The summed E-state index contributed by atoms with van der Waals surface area (Å²) < 4.78 is 9.67. The molecule has 0 saturated carbocycles. The van der Waals surface area contributed by atoms with Crippen LogP contribution in [0.15, 0.2) is 36.4 Å². The van der Waals surface area contributed by atoms with E-state index in [4.69, 9.17) is 4.74 Å². The lowest BCUT2D eigenvalue weighted by molar-refractivity contribution is -0.148. The first-order valence-electron chi connectivity index (χ1n) is 6.25. The number of rotatable bonds is 6. The minimum absolute atomic E-state index is 0.0483. The van der Waals surface area contributed by atoms with E-state index in [1.54, 1.807) is 19.1 Å². The van der Waals surface area contributed by atoms with Gasteiger partial charge in [-0.2, -0.15) is 0 Å². The number of esters is 2. The van der Waals surface area contributed by atoms with E-state index >= 15 is 0 Å². The monoisotopic (exact) mass is 274 g/mol. The third kappa shape index (κ3) is 5.10. The summed E-state index contributed by atoms with van der Waals surface area (Å²) in [6.07, 6.45) is 3.47. The summed E-state index contributed by atoms with van der Waals surface area (Å²) >= 11 is 0. The van der Waals surface area contributed by atoms with Gasteiger partial charge in [0.2, 0.25) is 0 Å². The number of carbonyl (C=O) groups is 2. The molecule has 0 aliphatic rings. The van der Waals surface area contributed by atoms with Crippen molar-refractivity contribution in [1.82, 2.24) is 0 Å². The van der Waals surface area contributed by atoms with Gasteiger partial charge in [-0.3, -0.25) is 4.79 Å². The van der Waals surface area contributed by atoms with Gasteiger partial charge in [0, 0.05) is 12.5 Å². The summed E-state index contributed by atoms with van der Waals surface area (Å²) in [5, 5.41) is 0. The van der Waals surface area contributed by atoms with Crippen molar-refractivity contribution < 1.29 is 19.1 Å². The molecule has 0 aliphatic heterocycles. The Morgan fingerprint density at radius 3 is 2.30 bits per heavy atom. The normalized spacial score (nSPS) is 10.8. The molecule has 0 aliphatic carbocycles. The summed E-state index contributed by atoms with van der Waals surface area (Å²) in [6.45, 7) is 6.82. The third-order valence-electron chi connectivity index (χ3n) is 2.53. The van der Waals surface area contributed by atoms with E-state index in [0.29, 0.717) is 5.57 Å². The van der Waals surface area contributed by atoms with E-state index < -0.39 is 11.9 Å². The lowest BCUT2D eigenvalue weighted by Gasteiger charge is -2.06. The summed E-state index contributed by atoms with van der Waals surface area (Å²) in [5.74, 6) is -0.829. The van der Waals surface area contributed by atoms with Gasteiger partial charge in [-0.1, -0.05) is 36.9 Å². The van der Waals surface area contributed by atoms with Crippen LogP contribution in [0.3, 0.4) is 0 Å². The second-order valence-corrected chi connectivity index (χ2v) is 4.14. The quantitative estimate of drug-likeness (QED) is 0.455. The Hall–Kier alpha value is -2.36. The van der Waals surface area contributed by atoms with E-state index in [-0.39, 0.29) is 13.2 Å². The van der Waals surface area contributed by atoms with Crippen molar-refractivity contribution in [2.24, 2.45) is 0 Å². The summed E-state index contributed by atoms with van der Waals surface area (Å²) in [4.78, 5) is 22.3. The van der Waals surface area contributed by atoms with Crippen molar-refractivity contribution in [2.75, 3.05) is 13.2 Å². The second-order valence-electron chi connectivity index (χ2n) is 4.14. The maximum Gasteiger partial charge on any atom is 0.333 e. The standard InChI is InChI=1S/C16H18O4/c1-4-14-7-5-6-8-15(14)11-12(2)16(18)20-10-9-19-13(3)17/h4-8,11H,1,9-10H2,2-3H3/b12-11+. The molecule has 0 aromatic heterocycles. The fourth-order valence-corrected chi connectivity index (χ4v) is 1.55. The van der Waals surface area contributed by atoms with E-state index in [0.717, 1.165) is 11.1 Å². The zero-order valence-electron chi connectivity index (χ0n) is 11.7. The van der Waals surface area contributed by atoms with Crippen molar-refractivity contribution >= 4 is 24.1 Å². The second kappa shape index (κ2) is 7.94. The first kappa shape index (κ1) is 15.7. The minimum Gasteiger partial charge on any atom is -0.462 e. The van der Waals surface area contributed by atoms with E-state index in [1.165, 1.54) is 6.92 Å². The molecule has 0 fully saturated rings. The highest BCUT2D eigenvalue weighted by atomic mass is 16.6. The zero-order chi connectivity index (χ0) is 15.0. The average Bonchev–Trinajstić information content (AvgIpc) is 2.43. The van der Waals surface area contributed by atoms with Crippen LogP contribution < -0.4 is 0 Å². The molecule has 4 nitrogen and oxygen atoms in total. The lowest BCUT2D eigenvalue weighted by Crippen LogP contribution is -2.12. The van der Waals surface area contributed by atoms with Gasteiger partial charge in [-0.05, 0) is 24.1 Å². The highest BCUT2D eigenvalue weighted by Crippen LogP contribution is 2.14. The first-order chi connectivity index (χ1) is 9.54. The van der Waals surface area contributed by atoms with Crippen molar-refractivity contribution in [3.8, 4) is 0 Å². The zero-order valence-corrected chi connectivity index (χ0v) is 11.7. The molecule has 0 N–H and O–H groups in total. The van der Waals surface area contributed by atoms with Gasteiger partial charge in [-0.15, -0.1) is 0 Å². The van der Waals surface area contributed by atoms with Crippen LogP contribution in [0, 0.1) is 0 Å². The Labute approximate surface area is 118 Å². The fourth-order valence-electron chi connectivity index (χ4n) is 1.55. The van der Waals surface area contributed by atoms with Gasteiger partial charge in [-0.25, -0.2) is 4.79 Å². The van der Waals surface area contributed by atoms with Crippen LogP contribution >= 0.6 is 0 Å². The lowest BCUT2D eigenvalue weighted by atomic mass is 10.1. The Kier molecular flexibility index (Phi) is 6.23.